The van der Waals surface area contributed by atoms with E-state index in [1.165, 1.54) is 4.90 Å². The average Bonchev–Trinajstić information content (AvgIpc) is 2.76. The number of hydrogen-bond acceptors (Lipinski definition) is 3. The molecule has 2 aromatic rings. The number of para-hydroxylation sites is 2. The summed E-state index contributed by atoms with van der Waals surface area (Å²) in [6, 6.07) is 7.41. The molecular formula is C16H21N3O4. The Kier molecular flexibility index (Phi) is 4.88. The second-order valence-corrected chi connectivity index (χ2v) is 5.75. The van der Waals surface area contributed by atoms with E-state index < -0.39 is 11.9 Å². The lowest BCUT2D eigenvalue weighted by Crippen LogP contribution is -2.34. The first kappa shape index (κ1) is 16.8. The van der Waals surface area contributed by atoms with E-state index in [0.717, 1.165) is 11.0 Å². The third-order valence-electron chi connectivity index (χ3n) is 4.00. The van der Waals surface area contributed by atoms with Crippen LogP contribution in [0.1, 0.15) is 13.3 Å². The lowest BCUT2D eigenvalue weighted by atomic mass is 10.1. The van der Waals surface area contributed by atoms with Gasteiger partial charge in [0.15, 0.2) is 0 Å². The maximum absolute atomic E-state index is 12.3. The van der Waals surface area contributed by atoms with Crippen LogP contribution in [0.4, 0.5) is 0 Å². The van der Waals surface area contributed by atoms with Crippen LogP contribution in [0, 0.1) is 5.92 Å². The van der Waals surface area contributed by atoms with Gasteiger partial charge in [0.1, 0.15) is 0 Å². The second kappa shape index (κ2) is 6.68. The summed E-state index contributed by atoms with van der Waals surface area (Å²) in [7, 11) is 3.28. The number of carbonyl (C=O) groups is 2. The first-order valence-corrected chi connectivity index (χ1v) is 7.44. The van der Waals surface area contributed by atoms with Gasteiger partial charge in [-0.1, -0.05) is 19.1 Å². The van der Waals surface area contributed by atoms with E-state index >= 15 is 0 Å². The molecule has 1 aromatic heterocycles. The summed E-state index contributed by atoms with van der Waals surface area (Å²) in [6.45, 7) is 1.98. The minimum atomic E-state index is -0.935. The highest BCUT2D eigenvalue weighted by molar-refractivity contribution is 5.78. The molecule has 1 atom stereocenters. The van der Waals surface area contributed by atoms with E-state index in [1.54, 1.807) is 30.2 Å². The zero-order chi connectivity index (χ0) is 17.1. The quantitative estimate of drug-likeness (QED) is 0.857. The van der Waals surface area contributed by atoms with Crippen LogP contribution in [0.25, 0.3) is 11.0 Å². The average molecular weight is 319 g/mol. The van der Waals surface area contributed by atoms with Crippen molar-refractivity contribution >= 4 is 22.9 Å². The number of amides is 1. The van der Waals surface area contributed by atoms with Gasteiger partial charge in [-0.05, 0) is 12.1 Å². The Balaban J connectivity index is 2.09. The number of imidazole rings is 1. The van der Waals surface area contributed by atoms with Gasteiger partial charge in [0.25, 0.3) is 0 Å². The lowest BCUT2D eigenvalue weighted by Gasteiger charge is -2.19. The predicted octanol–water partition coefficient (Wildman–Crippen LogP) is 0.909. The first-order chi connectivity index (χ1) is 10.8. The van der Waals surface area contributed by atoms with Gasteiger partial charge in [-0.25, -0.2) is 4.79 Å². The minimum absolute atomic E-state index is 0.150. The van der Waals surface area contributed by atoms with Crippen LogP contribution in [-0.2, 0) is 23.2 Å². The Morgan fingerprint density at radius 2 is 1.87 bits per heavy atom. The van der Waals surface area contributed by atoms with Crippen molar-refractivity contribution in [3.63, 3.8) is 0 Å². The highest BCUT2D eigenvalue weighted by atomic mass is 16.4. The molecule has 0 aliphatic heterocycles. The van der Waals surface area contributed by atoms with E-state index in [9.17, 15) is 14.4 Å². The molecule has 0 saturated carbocycles. The smallest absolute Gasteiger partial charge is 0.328 e. The van der Waals surface area contributed by atoms with Gasteiger partial charge in [0.05, 0.1) is 17.0 Å². The molecule has 1 N–H and O–H groups in total. The zero-order valence-electron chi connectivity index (χ0n) is 13.5. The molecule has 7 heteroatoms. The number of nitrogens with zero attached hydrogens (tertiary/aromatic N) is 3. The fourth-order valence-electron chi connectivity index (χ4n) is 2.57. The Labute approximate surface area is 133 Å². The monoisotopic (exact) mass is 319 g/mol. The third-order valence-corrected chi connectivity index (χ3v) is 4.00. The van der Waals surface area contributed by atoms with Crippen LogP contribution in [0.3, 0.4) is 0 Å². The molecule has 0 aliphatic carbocycles. The number of rotatable bonds is 6. The van der Waals surface area contributed by atoms with Gasteiger partial charge < -0.3 is 10.0 Å². The van der Waals surface area contributed by atoms with Crippen LogP contribution in [0.15, 0.2) is 29.1 Å². The normalized spacial score (nSPS) is 12.3. The molecular weight excluding hydrogens is 298 g/mol. The number of benzene rings is 1. The van der Waals surface area contributed by atoms with Gasteiger partial charge in [0, 0.05) is 33.6 Å². The second-order valence-electron chi connectivity index (χ2n) is 5.75. The van der Waals surface area contributed by atoms with E-state index in [-0.39, 0.29) is 31.1 Å². The molecule has 0 saturated heterocycles. The first-order valence-electron chi connectivity index (χ1n) is 7.44. The fourth-order valence-corrected chi connectivity index (χ4v) is 2.57. The van der Waals surface area contributed by atoms with Crippen LogP contribution in [-0.4, -0.2) is 44.6 Å². The Hall–Kier alpha value is -2.57. The zero-order valence-corrected chi connectivity index (χ0v) is 13.5. The Morgan fingerprint density at radius 1 is 1.26 bits per heavy atom. The maximum atomic E-state index is 12.3. The Morgan fingerprint density at radius 3 is 2.48 bits per heavy atom. The van der Waals surface area contributed by atoms with Crippen LogP contribution in [0.5, 0.6) is 0 Å². The summed E-state index contributed by atoms with van der Waals surface area (Å²) in [4.78, 5) is 36.6. The number of carbonyl (C=O) groups excluding carboxylic acids is 1. The van der Waals surface area contributed by atoms with Crippen molar-refractivity contribution in [3.8, 4) is 0 Å². The number of carboxylic acid groups (broad SMARTS) is 1. The maximum Gasteiger partial charge on any atom is 0.328 e. The summed E-state index contributed by atoms with van der Waals surface area (Å²) < 4.78 is 3.12. The van der Waals surface area contributed by atoms with Crippen molar-refractivity contribution in [1.29, 1.82) is 0 Å². The highest BCUT2D eigenvalue weighted by Crippen LogP contribution is 2.12. The molecule has 2 rings (SSSR count). The number of hydrogen-bond donors (Lipinski definition) is 1. The summed E-state index contributed by atoms with van der Waals surface area (Å²) in [6.07, 6.45) is 0.150. The Bertz CT molecular complexity index is 790. The molecule has 0 fully saturated rings. The van der Waals surface area contributed by atoms with E-state index in [4.69, 9.17) is 5.11 Å². The molecule has 1 amide bonds. The summed E-state index contributed by atoms with van der Waals surface area (Å²) in [5.74, 6) is -1.74. The highest BCUT2D eigenvalue weighted by Gasteiger charge is 2.18. The van der Waals surface area contributed by atoms with Gasteiger partial charge in [-0.2, -0.15) is 0 Å². The molecule has 124 valence electrons. The van der Waals surface area contributed by atoms with Gasteiger partial charge in [-0.15, -0.1) is 0 Å². The van der Waals surface area contributed by atoms with E-state index in [0.29, 0.717) is 0 Å². The van der Waals surface area contributed by atoms with Gasteiger partial charge in [0.2, 0.25) is 5.91 Å². The molecule has 0 spiro atoms. The van der Waals surface area contributed by atoms with Crippen molar-refractivity contribution in [3.05, 3.63) is 34.7 Å². The van der Waals surface area contributed by atoms with Crippen LogP contribution in [0.2, 0.25) is 0 Å². The molecule has 7 nitrogen and oxygen atoms in total. The number of aryl methyl sites for hydroxylation is 2. The predicted molar refractivity (Wildman–Crippen MR) is 86.2 cm³/mol. The van der Waals surface area contributed by atoms with Crippen molar-refractivity contribution in [1.82, 2.24) is 14.0 Å². The molecule has 1 heterocycles. The van der Waals surface area contributed by atoms with E-state index in [1.807, 2.05) is 24.3 Å². The standard InChI is InChI=1S/C16H21N3O4/c1-11(15(21)22)10-17(2)14(20)8-9-19-13-7-5-4-6-12(13)18(3)16(19)23/h4-7,11H,8-10H2,1-3H3,(H,21,22). The van der Waals surface area contributed by atoms with Crippen molar-refractivity contribution in [2.45, 2.75) is 19.9 Å². The number of fused-ring (bicyclic) bond motifs is 1. The third kappa shape index (κ3) is 3.44. The summed E-state index contributed by atoms with van der Waals surface area (Å²) in [5, 5.41) is 8.89. The largest absolute Gasteiger partial charge is 0.481 e. The molecule has 1 unspecified atom stereocenters. The van der Waals surface area contributed by atoms with Gasteiger partial charge >= 0.3 is 11.7 Å². The van der Waals surface area contributed by atoms with Crippen LogP contribution >= 0.6 is 0 Å². The fraction of sp³-hybridized carbons (Fsp3) is 0.438. The molecule has 0 radical (unpaired) electrons. The van der Waals surface area contributed by atoms with Crippen LogP contribution < -0.4 is 5.69 Å². The molecule has 23 heavy (non-hydrogen) atoms. The lowest BCUT2D eigenvalue weighted by molar-refractivity contribution is -0.142. The number of carboxylic acids is 1. The topological polar surface area (TPSA) is 84.5 Å². The van der Waals surface area contributed by atoms with Crippen molar-refractivity contribution in [2.75, 3.05) is 13.6 Å². The minimum Gasteiger partial charge on any atom is -0.481 e. The van der Waals surface area contributed by atoms with E-state index in [2.05, 4.69) is 0 Å². The van der Waals surface area contributed by atoms with Gasteiger partial charge in [-0.3, -0.25) is 18.7 Å². The molecule has 0 aliphatic rings. The SMILES string of the molecule is CC(CN(C)C(=O)CCn1c(=O)n(C)c2ccccc21)C(=O)O. The summed E-state index contributed by atoms with van der Waals surface area (Å²) in [5.41, 5.74) is 1.44. The number of aliphatic carboxylic acids is 1. The number of aromatic nitrogens is 2. The molecule has 1 aromatic carbocycles. The molecule has 0 bridgehead atoms. The van der Waals surface area contributed by atoms with Crippen molar-refractivity contribution < 1.29 is 14.7 Å². The summed E-state index contributed by atoms with van der Waals surface area (Å²) >= 11 is 0. The van der Waals surface area contributed by atoms with Crippen molar-refractivity contribution in [2.24, 2.45) is 13.0 Å².